The van der Waals surface area contributed by atoms with Crippen LogP contribution in [0.5, 0.6) is 0 Å². The molecule has 42 nitrogen and oxygen atoms in total. The molecule has 6 aromatic carbocycles. The number of nitro benzene ring substituents is 3. The van der Waals surface area contributed by atoms with E-state index in [0.717, 1.165) is 35.7 Å². The maximum absolute atomic E-state index is 14.3. The first-order chi connectivity index (χ1) is 61.8. The van der Waals surface area contributed by atoms with Gasteiger partial charge in [0, 0.05) is 125 Å². The van der Waals surface area contributed by atoms with Crippen LogP contribution in [0.4, 0.5) is 53.0 Å². The van der Waals surface area contributed by atoms with Gasteiger partial charge in [-0.2, -0.15) is 28.5 Å². The zero-order valence-electron chi connectivity index (χ0n) is 70.8. The van der Waals surface area contributed by atoms with Gasteiger partial charge in [0.05, 0.1) is 66.0 Å². The van der Waals surface area contributed by atoms with E-state index in [-0.39, 0.29) is 165 Å². The summed E-state index contributed by atoms with van der Waals surface area (Å²) in [6, 6.07) is 23.6. The first-order valence-corrected chi connectivity index (χ1v) is 40.7. The molecule has 3 aliphatic rings. The molecular formula is C82H92Cl3F6N21O21. The number of aliphatic carboxylic acids is 1. The molecule has 51 heteroatoms. The Bertz CT molecular complexity index is 5910. The molecule has 9 aromatic rings. The number of alkyl carbamates (subject to hydrolysis) is 2. The number of nitrogens with one attached hydrogen (secondary N) is 6. The van der Waals surface area contributed by atoms with Crippen LogP contribution in [0.1, 0.15) is 136 Å². The fourth-order valence-electron chi connectivity index (χ4n) is 13.2. The Morgan fingerprint density at radius 2 is 0.812 bits per heavy atom. The first kappa shape index (κ1) is 106. The van der Waals surface area contributed by atoms with Crippen molar-refractivity contribution in [1.29, 1.82) is 0 Å². The van der Waals surface area contributed by atoms with E-state index in [2.05, 4.69) is 47.2 Å². The van der Waals surface area contributed by atoms with Crippen molar-refractivity contribution in [1.82, 2.24) is 71.0 Å². The Hall–Kier alpha value is -14.3. The van der Waals surface area contributed by atoms with Crippen LogP contribution >= 0.6 is 34.8 Å². The molecule has 3 saturated carbocycles. The zero-order valence-corrected chi connectivity index (χ0v) is 73.1. The predicted molar refractivity (Wildman–Crippen MR) is 466 cm³/mol. The van der Waals surface area contributed by atoms with Gasteiger partial charge >= 0.3 is 24.3 Å². The summed E-state index contributed by atoms with van der Waals surface area (Å²) in [4.78, 5) is 177. The number of carboxylic acids is 1. The largest absolute Gasteiger partial charge is 0.480 e. The molecule has 10 amide bonds. The van der Waals surface area contributed by atoms with Gasteiger partial charge in [-0.3, -0.25) is 92.3 Å². The quantitative estimate of drug-likeness (QED) is 0.00902. The number of aldehydes is 1. The lowest BCUT2D eigenvalue weighted by atomic mass is 9.85. The van der Waals surface area contributed by atoms with Crippen molar-refractivity contribution in [2.75, 3.05) is 19.6 Å². The third-order valence-electron chi connectivity index (χ3n) is 19.6. The van der Waals surface area contributed by atoms with Crippen molar-refractivity contribution < 1.29 is 113 Å². The highest BCUT2D eigenvalue weighted by Crippen LogP contribution is 2.33. The number of hydrogen-bond acceptors (Lipinski definition) is 25. The summed E-state index contributed by atoms with van der Waals surface area (Å²) in [7, 11) is 0. The Labute approximate surface area is 765 Å². The van der Waals surface area contributed by atoms with Gasteiger partial charge in [0.15, 0.2) is 17.1 Å². The number of nitro groups is 3. The summed E-state index contributed by atoms with van der Waals surface area (Å²) in [6.07, 6.45) is -3.67. The zero-order chi connectivity index (χ0) is 97.9. The molecule has 3 heterocycles. The molecule has 3 aromatic heterocycles. The number of fused-ring (bicyclic) bond motifs is 3. The van der Waals surface area contributed by atoms with Crippen molar-refractivity contribution >= 4 is 156 Å². The minimum absolute atomic E-state index is 0. The Morgan fingerprint density at radius 3 is 1.11 bits per heavy atom. The summed E-state index contributed by atoms with van der Waals surface area (Å²) in [5, 5.41) is 70.5. The maximum atomic E-state index is 14.3. The van der Waals surface area contributed by atoms with Crippen LogP contribution in [0, 0.1) is 47.8 Å². The normalized spacial score (nSPS) is 15.8. The topological polar surface area (TPSA) is 609 Å². The molecule has 0 saturated heterocycles. The minimum Gasteiger partial charge on any atom is -0.480 e. The molecule has 0 unspecified atom stereocenters. The smallest absolute Gasteiger partial charge is 0.446 e. The van der Waals surface area contributed by atoms with Gasteiger partial charge in [0.25, 0.3) is 34.8 Å². The number of nitrogens with two attached hydrogens (primary N) is 4. The lowest BCUT2D eigenvalue weighted by Crippen LogP contribution is -2.58. The molecular weight excluding hydrogens is 1840 g/mol. The number of nitrogens with zero attached hydrogens (tertiary/aromatic N) is 11. The lowest BCUT2D eigenvalue weighted by Gasteiger charge is -2.42. The van der Waals surface area contributed by atoms with Gasteiger partial charge in [-0.15, -0.1) is 0 Å². The van der Waals surface area contributed by atoms with E-state index in [1.54, 1.807) is 39.0 Å². The molecule has 0 aliphatic heterocycles. The van der Waals surface area contributed by atoms with E-state index in [0.29, 0.717) is 42.3 Å². The number of amides is 10. The van der Waals surface area contributed by atoms with E-state index in [9.17, 15) is 109 Å². The average Bonchev–Trinajstić information content (AvgIpc) is 1.64. The van der Waals surface area contributed by atoms with Crippen LogP contribution in [0.2, 0.25) is 15.1 Å². The van der Waals surface area contributed by atoms with E-state index >= 15 is 0 Å². The fraction of sp³-hybridized carbons (Fsp3) is 0.378. The van der Waals surface area contributed by atoms with Crippen LogP contribution < -0.4 is 54.8 Å². The van der Waals surface area contributed by atoms with E-state index in [4.69, 9.17) is 77.1 Å². The summed E-state index contributed by atoms with van der Waals surface area (Å²) in [5.74, 6) is -8.10. The van der Waals surface area contributed by atoms with Crippen molar-refractivity contribution in [3.8, 4) is 0 Å². The lowest BCUT2D eigenvalue weighted by molar-refractivity contribution is -0.384. The number of ether oxygens (including phenoxy) is 2. The maximum Gasteiger partial charge on any atom is 0.446 e. The number of carbonyl (C=O) groups excluding carboxylic acids is 11. The van der Waals surface area contributed by atoms with Gasteiger partial charge in [-0.1, -0.05) is 78.6 Å². The molecule has 3 aliphatic carbocycles. The highest BCUT2D eigenvalue weighted by atomic mass is 35.5. The van der Waals surface area contributed by atoms with Gasteiger partial charge in [0.2, 0.25) is 35.8 Å². The number of carboxylic acid groups (broad SMARTS) is 1. The number of halogens is 9. The van der Waals surface area contributed by atoms with Crippen LogP contribution in [-0.2, 0) is 82.3 Å². The third kappa shape index (κ3) is 30.4. The first-order valence-electron chi connectivity index (χ1n) is 39.5. The number of hydrogen-bond donors (Lipinski definition) is 11. The SMILES string of the molecule is C.CC(C)(C)OC(=O)NC1CC(N(CC(=O)NCc2cccc(Cl)c2F)C(=O)Cn2nc(C(N)=O)c3cc([N+](=O)[O-])ccc32)C1.CC(C)(C)OC(=O)NC1CC(NCC(=O)NCc2cccc(Cl)c2F)C1.NC(=O)c1nn(CC(=O)N(CC(=O)NCc2cccc(Cl)c2F)C2CC(N)C2)c2ccc([N+](=O)[O-])cc12.NC(=O)c1nn(CC(=O)O)c2ccc([N+](=O)[O-])cc12.O=CC(F)(F)F. The molecule has 0 atom stereocenters. The average molecular weight is 1930 g/mol. The second-order valence-electron chi connectivity index (χ2n) is 31.8. The van der Waals surface area contributed by atoms with Gasteiger partial charge in [-0.25, -0.2) is 22.8 Å². The third-order valence-corrected chi connectivity index (χ3v) is 20.5. The standard InChI is InChI=1S/C28H31ClFN7O7.C23H23ClFN7O5.C18H25ClFN3O3.C10H8N4O5.C2HF3O.CH4/c1-28(2,3)44-27(41)33-16-9-18(10-16)35(13-22(38)32-12-15-5-4-6-20(29)24(15)30)23(39)14-36-21-8-7-17(37(42)43)11-19(21)25(34-36)26(31)40;24-17-3-1-2-12(21(17)25)9-28-19(33)10-30(15-6-13(26)7-15)20(34)11-31-18-5-4-14(32(36)37)8-16(18)22(29-31)23(27)35;1-18(2,3)26-17(25)23-13-7-12(8-13)21-10-15(24)22-9-11-5-4-6-14(19)16(11)20;11-10(17)9-6-3-5(14(18)19)1-2-7(6)13(12-9)4-8(15)16;3-2(4,5)1-6;/h4-8,11,16,18H,9-10,12-14H2,1-3H3,(H2,31,40)(H,32,38)(H,33,41);1-5,8,13,15H,6-7,9-11,26H2,(H2,27,35)(H,28,33);4-6,12-13,21H,7-10H2,1-3H3,(H,22,24)(H,23,25);1-3H,4H2,(H2,11,17)(H,15,16);1H;1H4. The van der Waals surface area contributed by atoms with Crippen LogP contribution in [0.3, 0.4) is 0 Å². The minimum atomic E-state index is -4.64. The molecule has 0 radical (unpaired) electrons. The molecule has 0 bridgehead atoms. The summed E-state index contributed by atoms with van der Waals surface area (Å²) in [5.41, 5.74) is 20.7. The second-order valence-corrected chi connectivity index (χ2v) is 33.0. The predicted octanol–water partition coefficient (Wildman–Crippen LogP) is 8.76. The Balaban J connectivity index is 0.000000245. The summed E-state index contributed by atoms with van der Waals surface area (Å²) in [6.45, 7) is 8.55. The van der Waals surface area contributed by atoms with Crippen LogP contribution in [-0.4, -0.2) is 204 Å². The van der Waals surface area contributed by atoms with Gasteiger partial charge in [-0.05, 0) is 116 Å². The number of non-ortho nitro benzene ring substituents is 3. The number of benzene rings is 6. The molecule has 12 rings (SSSR count). The number of carbonyl (C=O) groups is 12. The van der Waals surface area contributed by atoms with E-state index in [1.165, 1.54) is 92.0 Å². The molecule has 3 fully saturated rings. The molecule has 0 spiro atoms. The molecule has 15 N–H and O–H groups in total. The van der Waals surface area contributed by atoms with Crippen molar-refractivity contribution in [2.45, 2.75) is 180 Å². The van der Waals surface area contributed by atoms with Crippen molar-refractivity contribution in [3.05, 3.63) is 206 Å². The number of primary amides is 3. The highest BCUT2D eigenvalue weighted by Gasteiger charge is 2.41. The van der Waals surface area contributed by atoms with Gasteiger partial charge < -0.3 is 79.2 Å². The van der Waals surface area contributed by atoms with E-state index < -0.39 is 141 Å². The fourth-order valence-corrected chi connectivity index (χ4v) is 13.8. The summed E-state index contributed by atoms with van der Waals surface area (Å²) >= 11 is 17.3. The van der Waals surface area contributed by atoms with Crippen LogP contribution in [0.15, 0.2) is 109 Å². The number of alkyl halides is 3. The monoisotopic (exact) mass is 1930 g/mol. The molecule has 714 valence electrons. The van der Waals surface area contributed by atoms with Crippen LogP contribution in [0.25, 0.3) is 32.7 Å². The second kappa shape index (κ2) is 46.0. The highest BCUT2D eigenvalue weighted by molar-refractivity contribution is 6.31. The van der Waals surface area contributed by atoms with E-state index in [1.807, 2.05) is 20.8 Å². The molecule has 133 heavy (non-hydrogen) atoms. The Kier molecular flexibility index (Phi) is 36.6. The number of aromatic nitrogens is 6. The Morgan fingerprint density at radius 1 is 0.504 bits per heavy atom. The van der Waals surface area contributed by atoms with Crippen molar-refractivity contribution in [2.24, 2.45) is 22.9 Å². The summed E-state index contributed by atoms with van der Waals surface area (Å²) < 4.78 is 87.4. The number of rotatable bonds is 29. The van der Waals surface area contributed by atoms with Crippen molar-refractivity contribution in [3.63, 3.8) is 0 Å². The van der Waals surface area contributed by atoms with Gasteiger partial charge in [0.1, 0.15) is 48.3 Å².